The minimum absolute atomic E-state index is 0.0427. The van der Waals surface area contributed by atoms with Crippen LogP contribution in [0.2, 0.25) is 0 Å². The highest BCUT2D eigenvalue weighted by molar-refractivity contribution is 7.09. The zero-order chi connectivity index (χ0) is 13.0. The summed E-state index contributed by atoms with van der Waals surface area (Å²) in [5.74, 6) is 2.86. The Morgan fingerprint density at radius 2 is 2.28 bits per heavy atom. The molecule has 1 heterocycles. The van der Waals surface area contributed by atoms with Crippen LogP contribution in [-0.4, -0.2) is 28.9 Å². The Morgan fingerprint density at radius 1 is 1.50 bits per heavy atom. The van der Waals surface area contributed by atoms with Crippen LogP contribution in [0.25, 0.3) is 0 Å². The first-order valence-electron chi connectivity index (χ1n) is 6.40. The van der Waals surface area contributed by atoms with E-state index in [1.165, 1.54) is 30.8 Å². The molecule has 1 aliphatic carbocycles. The average molecular weight is 290 g/mol. The predicted octanol–water partition coefficient (Wildman–Crippen LogP) is 3.31. The van der Waals surface area contributed by atoms with Crippen LogP contribution < -0.4 is 5.32 Å². The van der Waals surface area contributed by atoms with E-state index in [0.717, 1.165) is 23.4 Å². The molecule has 3 atom stereocenters. The van der Waals surface area contributed by atoms with Crippen LogP contribution in [0.4, 0.5) is 5.13 Å². The lowest BCUT2D eigenvalue weighted by Crippen LogP contribution is -2.19. The predicted molar refractivity (Wildman–Crippen MR) is 75.4 cm³/mol. The number of halogens is 1. The first-order valence-corrected chi connectivity index (χ1v) is 7.71. The second-order valence-corrected chi connectivity index (χ2v) is 5.88. The van der Waals surface area contributed by atoms with Gasteiger partial charge in [-0.05, 0) is 31.6 Å². The van der Waals surface area contributed by atoms with Crippen molar-refractivity contribution in [3.05, 3.63) is 5.82 Å². The summed E-state index contributed by atoms with van der Waals surface area (Å²) in [7, 11) is 1.67. The first kappa shape index (κ1) is 14.0. The fourth-order valence-corrected chi connectivity index (χ4v) is 3.44. The normalized spacial score (nSPS) is 25.3. The van der Waals surface area contributed by atoms with Gasteiger partial charge in [0.05, 0.1) is 0 Å². The number of anilines is 1. The molecule has 3 unspecified atom stereocenters. The summed E-state index contributed by atoms with van der Waals surface area (Å²) < 4.78 is 9.49. The van der Waals surface area contributed by atoms with Crippen molar-refractivity contribution in [1.82, 2.24) is 9.36 Å². The van der Waals surface area contributed by atoms with Crippen molar-refractivity contribution < 1.29 is 4.74 Å². The van der Waals surface area contributed by atoms with E-state index < -0.39 is 0 Å². The number of hydrogen-bond donors (Lipinski definition) is 1. The van der Waals surface area contributed by atoms with Crippen LogP contribution in [0, 0.1) is 11.8 Å². The fourth-order valence-electron chi connectivity index (χ4n) is 2.38. The number of ether oxygens (including phenoxy) is 1. The van der Waals surface area contributed by atoms with Gasteiger partial charge in [0.2, 0.25) is 5.13 Å². The van der Waals surface area contributed by atoms with Crippen LogP contribution in [0.15, 0.2) is 0 Å². The Labute approximate surface area is 117 Å². The summed E-state index contributed by atoms with van der Waals surface area (Å²) in [6, 6.07) is 0. The number of alkyl halides is 1. The molecule has 1 aromatic rings. The largest absolute Gasteiger partial charge is 0.374 e. The van der Waals surface area contributed by atoms with E-state index in [-0.39, 0.29) is 6.10 Å². The van der Waals surface area contributed by atoms with Crippen molar-refractivity contribution in [1.29, 1.82) is 0 Å². The lowest BCUT2D eigenvalue weighted by Gasteiger charge is -2.16. The average Bonchev–Trinajstić information content (AvgIpc) is 3.03. The third kappa shape index (κ3) is 3.33. The third-order valence-corrected chi connectivity index (χ3v) is 4.77. The number of rotatable bonds is 6. The molecule has 102 valence electrons. The molecule has 1 N–H and O–H groups in total. The summed E-state index contributed by atoms with van der Waals surface area (Å²) in [5.41, 5.74) is 0. The molecule has 0 aliphatic heterocycles. The van der Waals surface area contributed by atoms with Crippen LogP contribution in [0.1, 0.15) is 38.1 Å². The molecule has 1 aliphatic rings. The summed E-state index contributed by atoms with van der Waals surface area (Å²) in [6.07, 6.45) is 3.78. The highest BCUT2D eigenvalue weighted by atomic mass is 35.5. The topological polar surface area (TPSA) is 47.0 Å². The molecule has 2 rings (SSSR count). The summed E-state index contributed by atoms with van der Waals surface area (Å²) in [5, 5.41) is 4.26. The van der Waals surface area contributed by atoms with Crippen molar-refractivity contribution in [3.8, 4) is 0 Å². The molecule has 0 aromatic carbocycles. The standard InChI is InChI=1S/C12H20ClN3OS/c1-8(17-2)11-15-12(18-16-11)14-7-10-5-3-4-9(10)6-13/h8-10H,3-7H2,1-2H3,(H,14,15,16). The zero-order valence-electron chi connectivity index (χ0n) is 10.9. The van der Waals surface area contributed by atoms with Crippen molar-refractivity contribution in [2.24, 2.45) is 11.8 Å². The van der Waals surface area contributed by atoms with Gasteiger partial charge >= 0.3 is 0 Å². The van der Waals surface area contributed by atoms with E-state index >= 15 is 0 Å². The molecule has 1 fully saturated rings. The molecule has 0 amide bonds. The summed E-state index contributed by atoms with van der Waals surface area (Å²) >= 11 is 7.38. The maximum Gasteiger partial charge on any atom is 0.202 e. The Morgan fingerprint density at radius 3 is 3.00 bits per heavy atom. The molecule has 18 heavy (non-hydrogen) atoms. The Balaban J connectivity index is 1.84. The summed E-state index contributed by atoms with van der Waals surface area (Å²) in [4.78, 5) is 4.43. The maximum atomic E-state index is 5.98. The Hall–Kier alpha value is -0.390. The van der Waals surface area contributed by atoms with Gasteiger partial charge in [0.25, 0.3) is 0 Å². The van der Waals surface area contributed by atoms with E-state index in [1.807, 2.05) is 6.92 Å². The molecule has 4 nitrogen and oxygen atoms in total. The highest BCUT2D eigenvalue weighted by Gasteiger charge is 2.26. The maximum absolute atomic E-state index is 5.98. The van der Waals surface area contributed by atoms with Crippen molar-refractivity contribution in [2.45, 2.75) is 32.3 Å². The van der Waals surface area contributed by atoms with E-state index in [4.69, 9.17) is 16.3 Å². The number of hydrogen-bond acceptors (Lipinski definition) is 5. The number of methoxy groups -OCH3 is 1. The molecule has 0 spiro atoms. The molecule has 0 saturated heterocycles. The van der Waals surface area contributed by atoms with E-state index in [0.29, 0.717) is 11.8 Å². The zero-order valence-corrected chi connectivity index (χ0v) is 12.4. The molecular weight excluding hydrogens is 270 g/mol. The molecular formula is C12H20ClN3OS. The minimum atomic E-state index is -0.0427. The van der Waals surface area contributed by atoms with Crippen molar-refractivity contribution in [3.63, 3.8) is 0 Å². The van der Waals surface area contributed by atoms with Gasteiger partial charge in [-0.3, -0.25) is 0 Å². The van der Waals surface area contributed by atoms with Gasteiger partial charge in [0.15, 0.2) is 5.82 Å². The van der Waals surface area contributed by atoms with Crippen molar-refractivity contribution in [2.75, 3.05) is 24.9 Å². The third-order valence-electron chi connectivity index (χ3n) is 3.69. The number of nitrogens with zero attached hydrogens (tertiary/aromatic N) is 2. The summed E-state index contributed by atoms with van der Waals surface area (Å²) in [6.45, 7) is 2.90. The minimum Gasteiger partial charge on any atom is -0.374 e. The van der Waals surface area contributed by atoms with E-state index in [1.54, 1.807) is 7.11 Å². The lowest BCUT2D eigenvalue weighted by atomic mass is 9.98. The highest BCUT2D eigenvalue weighted by Crippen LogP contribution is 2.32. The van der Waals surface area contributed by atoms with Gasteiger partial charge in [-0.15, -0.1) is 11.6 Å². The number of aromatic nitrogens is 2. The van der Waals surface area contributed by atoms with Crippen LogP contribution >= 0.6 is 23.1 Å². The lowest BCUT2D eigenvalue weighted by molar-refractivity contribution is 0.113. The van der Waals surface area contributed by atoms with Gasteiger partial charge in [-0.25, -0.2) is 4.98 Å². The van der Waals surface area contributed by atoms with Gasteiger partial charge in [-0.1, -0.05) is 6.42 Å². The monoisotopic (exact) mass is 289 g/mol. The van der Waals surface area contributed by atoms with Gasteiger partial charge in [0, 0.05) is 31.1 Å². The first-order chi connectivity index (χ1) is 8.74. The Kier molecular flexibility index (Phi) is 5.21. The quantitative estimate of drug-likeness (QED) is 0.816. The second kappa shape index (κ2) is 6.68. The molecule has 6 heteroatoms. The molecule has 0 bridgehead atoms. The molecule has 1 aromatic heterocycles. The van der Waals surface area contributed by atoms with E-state index in [9.17, 15) is 0 Å². The van der Waals surface area contributed by atoms with Gasteiger partial charge < -0.3 is 10.1 Å². The second-order valence-electron chi connectivity index (χ2n) is 4.82. The fraction of sp³-hybridized carbons (Fsp3) is 0.833. The SMILES string of the molecule is COC(C)c1nsc(NCC2CCCC2CCl)n1. The van der Waals surface area contributed by atoms with E-state index in [2.05, 4.69) is 14.7 Å². The molecule has 1 saturated carbocycles. The van der Waals surface area contributed by atoms with Crippen LogP contribution in [0.5, 0.6) is 0 Å². The smallest absolute Gasteiger partial charge is 0.202 e. The Bertz CT molecular complexity index is 374. The van der Waals surface area contributed by atoms with Crippen molar-refractivity contribution >= 4 is 28.3 Å². The van der Waals surface area contributed by atoms with Crippen LogP contribution in [-0.2, 0) is 4.74 Å². The van der Waals surface area contributed by atoms with Gasteiger partial charge in [0.1, 0.15) is 6.10 Å². The van der Waals surface area contributed by atoms with Crippen LogP contribution in [0.3, 0.4) is 0 Å². The van der Waals surface area contributed by atoms with Gasteiger partial charge in [-0.2, -0.15) is 4.37 Å². The molecule has 0 radical (unpaired) electrons. The number of nitrogens with one attached hydrogen (secondary N) is 1.